The predicted molar refractivity (Wildman–Crippen MR) is 120 cm³/mol. The van der Waals surface area contributed by atoms with E-state index in [0.29, 0.717) is 11.4 Å². The van der Waals surface area contributed by atoms with Crippen LogP contribution in [0.25, 0.3) is 0 Å². The van der Waals surface area contributed by atoms with Crippen molar-refractivity contribution < 1.29 is 35.8 Å². The summed E-state index contributed by atoms with van der Waals surface area (Å²) in [6.45, 7) is 0.759. The molecule has 1 saturated heterocycles. The molecule has 2 N–H and O–H groups in total. The molecular weight excluding hydrogens is 474 g/mol. The maximum Gasteiger partial charge on any atom is 0.340 e. The van der Waals surface area contributed by atoms with Gasteiger partial charge in [-0.25, -0.2) is 26.8 Å². The molecule has 0 radical (unpaired) electrons. The summed E-state index contributed by atoms with van der Waals surface area (Å²) in [6, 6.07) is 8.44. The molecule has 33 heavy (non-hydrogen) atoms. The molecule has 0 atom stereocenters. The number of carbonyl (C=O) groups is 1. The first kappa shape index (κ1) is 24.8. The summed E-state index contributed by atoms with van der Waals surface area (Å²) in [7, 11) is -3.90. The van der Waals surface area contributed by atoms with Gasteiger partial charge in [-0.05, 0) is 30.3 Å². The van der Waals surface area contributed by atoms with E-state index in [1.54, 1.807) is 11.0 Å². The molecule has 11 nitrogen and oxygen atoms in total. The van der Waals surface area contributed by atoms with Crippen LogP contribution in [0.2, 0.25) is 0 Å². The topological polar surface area (TPSA) is 146 Å². The number of hydrogen-bond acceptors (Lipinski definition) is 9. The molecule has 0 unspecified atom stereocenters. The number of nitrogens with zero attached hydrogens (tertiary/aromatic N) is 2. The van der Waals surface area contributed by atoms with Gasteiger partial charge in [-0.1, -0.05) is 0 Å². The van der Waals surface area contributed by atoms with Crippen LogP contribution >= 0.6 is 0 Å². The van der Waals surface area contributed by atoms with Crippen LogP contribution in [0.15, 0.2) is 46.2 Å². The molecule has 1 aliphatic heterocycles. The maximum atomic E-state index is 13.3. The van der Waals surface area contributed by atoms with E-state index in [4.69, 9.17) is 19.3 Å². The molecule has 1 heterocycles. The van der Waals surface area contributed by atoms with Crippen molar-refractivity contribution in [3.8, 4) is 11.5 Å². The monoisotopic (exact) mass is 499 g/mol. The Morgan fingerprint density at radius 2 is 1.58 bits per heavy atom. The lowest BCUT2D eigenvalue weighted by molar-refractivity contribution is 0.0601. The van der Waals surface area contributed by atoms with Gasteiger partial charge in [-0.2, -0.15) is 4.31 Å². The molecule has 13 heteroatoms. The molecule has 0 bridgehead atoms. The van der Waals surface area contributed by atoms with Crippen LogP contribution in [0, 0.1) is 0 Å². The minimum atomic E-state index is -4.02. The van der Waals surface area contributed by atoms with Crippen molar-refractivity contribution in [3.05, 3.63) is 42.0 Å². The Labute approximate surface area is 192 Å². The van der Waals surface area contributed by atoms with Gasteiger partial charge in [0.2, 0.25) is 20.0 Å². The number of esters is 1. The lowest BCUT2D eigenvalue weighted by Gasteiger charge is -2.36. The zero-order chi connectivity index (χ0) is 24.4. The van der Waals surface area contributed by atoms with Crippen molar-refractivity contribution in [2.75, 3.05) is 52.4 Å². The second-order valence-corrected chi connectivity index (χ2v) is 10.6. The molecule has 0 aromatic heterocycles. The van der Waals surface area contributed by atoms with E-state index >= 15 is 0 Å². The average Bonchev–Trinajstić information content (AvgIpc) is 2.82. The Bertz CT molecular complexity index is 1250. The van der Waals surface area contributed by atoms with Gasteiger partial charge < -0.3 is 19.1 Å². The number of primary sulfonamides is 1. The van der Waals surface area contributed by atoms with Crippen molar-refractivity contribution in [2.24, 2.45) is 5.14 Å². The number of benzene rings is 2. The van der Waals surface area contributed by atoms with Crippen LogP contribution < -0.4 is 19.5 Å². The fourth-order valence-electron chi connectivity index (χ4n) is 3.54. The van der Waals surface area contributed by atoms with Gasteiger partial charge in [0.05, 0.1) is 37.5 Å². The highest BCUT2D eigenvalue weighted by atomic mass is 32.2. The van der Waals surface area contributed by atoms with Crippen molar-refractivity contribution in [1.29, 1.82) is 0 Å². The molecule has 3 rings (SSSR count). The number of rotatable bonds is 7. The predicted octanol–water partition coefficient (Wildman–Crippen LogP) is 0.649. The van der Waals surface area contributed by atoms with Gasteiger partial charge in [0.15, 0.2) is 0 Å². The van der Waals surface area contributed by atoms with E-state index in [-0.39, 0.29) is 47.3 Å². The van der Waals surface area contributed by atoms with Gasteiger partial charge in [0.1, 0.15) is 16.4 Å². The van der Waals surface area contributed by atoms with Crippen LogP contribution in [0.5, 0.6) is 11.5 Å². The molecule has 0 saturated carbocycles. The highest BCUT2D eigenvalue weighted by Gasteiger charge is 2.32. The van der Waals surface area contributed by atoms with E-state index in [1.165, 1.54) is 49.9 Å². The average molecular weight is 500 g/mol. The molecule has 2 aromatic carbocycles. The number of piperazine rings is 1. The highest BCUT2D eigenvalue weighted by molar-refractivity contribution is 7.89. The van der Waals surface area contributed by atoms with Crippen LogP contribution in [0.4, 0.5) is 5.69 Å². The van der Waals surface area contributed by atoms with Gasteiger partial charge >= 0.3 is 5.97 Å². The zero-order valence-corrected chi connectivity index (χ0v) is 20.0. The Morgan fingerprint density at radius 1 is 0.909 bits per heavy atom. The summed E-state index contributed by atoms with van der Waals surface area (Å²) < 4.78 is 66.4. The van der Waals surface area contributed by atoms with E-state index in [9.17, 15) is 21.6 Å². The number of hydrogen-bond donors (Lipinski definition) is 1. The smallest absolute Gasteiger partial charge is 0.340 e. The highest BCUT2D eigenvalue weighted by Crippen LogP contribution is 2.32. The Balaban J connectivity index is 1.88. The summed E-state index contributed by atoms with van der Waals surface area (Å²) in [5.41, 5.74) is 0.444. The Morgan fingerprint density at radius 3 is 2.12 bits per heavy atom. The lowest BCUT2D eigenvalue weighted by atomic mass is 10.1. The van der Waals surface area contributed by atoms with Crippen LogP contribution in [-0.4, -0.2) is 74.6 Å². The van der Waals surface area contributed by atoms with Crippen molar-refractivity contribution in [3.63, 3.8) is 0 Å². The second kappa shape index (κ2) is 9.55. The van der Waals surface area contributed by atoms with Crippen molar-refractivity contribution >= 4 is 31.7 Å². The summed E-state index contributed by atoms with van der Waals surface area (Å²) in [5.74, 6) is -0.151. The fraction of sp³-hybridized carbons (Fsp3) is 0.350. The van der Waals surface area contributed by atoms with Gasteiger partial charge in [-0.3, -0.25) is 0 Å². The van der Waals surface area contributed by atoms with Crippen LogP contribution in [0.3, 0.4) is 0 Å². The first-order chi connectivity index (χ1) is 15.5. The normalized spacial score (nSPS) is 15.2. The van der Waals surface area contributed by atoms with Gasteiger partial charge in [-0.15, -0.1) is 0 Å². The second-order valence-electron chi connectivity index (χ2n) is 7.12. The number of sulfonamides is 2. The number of methoxy groups -OCH3 is 3. The van der Waals surface area contributed by atoms with E-state index in [0.717, 1.165) is 6.07 Å². The largest absolute Gasteiger partial charge is 0.497 e. The van der Waals surface area contributed by atoms with Gasteiger partial charge in [0, 0.05) is 32.2 Å². The number of nitrogens with two attached hydrogens (primary N) is 1. The molecule has 0 aliphatic carbocycles. The Kier molecular flexibility index (Phi) is 7.17. The van der Waals surface area contributed by atoms with Gasteiger partial charge in [0.25, 0.3) is 0 Å². The first-order valence-electron chi connectivity index (χ1n) is 9.75. The molecule has 1 fully saturated rings. The number of carbonyl (C=O) groups excluding carboxylic acids is 1. The van der Waals surface area contributed by atoms with Crippen molar-refractivity contribution in [1.82, 2.24) is 4.31 Å². The summed E-state index contributed by atoms with van der Waals surface area (Å²) in [4.78, 5) is 13.8. The summed E-state index contributed by atoms with van der Waals surface area (Å²) in [5, 5.41) is 5.18. The minimum Gasteiger partial charge on any atom is -0.497 e. The number of anilines is 1. The first-order valence-corrected chi connectivity index (χ1v) is 12.7. The van der Waals surface area contributed by atoms with E-state index in [1.807, 2.05) is 0 Å². The summed E-state index contributed by atoms with van der Waals surface area (Å²) in [6.07, 6.45) is 0. The van der Waals surface area contributed by atoms with Crippen molar-refractivity contribution in [2.45, 2.75) is 9.79 Å². The third-order valence-electron chi connectivity index (χ3n) is 5.27. The molecule has 0 amide bonds. The van der Waals surface area contributed by atoms with Crippen LogP contribution in [-0.2, 0) is 24.8 Å². The van der Waals surface area contributed by atoms with Crippen LogP contribution in [0.1, 0.15) is 10.4 Å². The fourth-order valence-corrected chi connectivity index (χ4v) is 5.67. The molecular formula is C20H25N3O8S2. The quantitative estimate of drug-likeness (QED) is 0.543. The third kappa shape index (κ3) is 5.05. The SMILES string of the molecule is COC(=O)c1cc(S(N)(=O)=O)ccc1N1CCN(S(=O)(=O)c2cc(OC)ccc2OC)CC1. The lowest BCUT2D eigenvalue weighted by Crippen LogP contribution is -2.49. The zero-order valence-electron chi connectivity index (χ0n) is 18.3. The molecule has 1 aliphatic rings. The summed E-state index contributed by atoms with van der Waals surface area (Å²) >= 11 is 0. The minimum absolute atomic E-state index is 0.00875. The maximum absolute atomic E-state index is 13.3. The Hall–Kier alpha value is -2.87. The van der Waals surface area contributed by atoms with E-state index in [2.05, 4.69) is 0 Å². The third-order valence-corrected chi connectivity index (χ3v) is 8.10. The molecule has 180 valence electrons. The standard InChI is InChI=1S/C20H25N3O8S2/c1-29-14-4-7-18(30-2)19(12-14)33(27,28)23-10-8-22(9-11-23)17-6-5-15(32(21,25)26)13-16(17)20(24)31-3/h4-7,12-13H,8-11H2,1-3H3,(H2,21,25,26). The number of ether oxygens (including phenoxy) is 3. The molecule has 2 aromatic rings. The molecule has 0 spiro atoms. The van der Waals surface area contributed by atoms with E-state index < -0.39 is 26.0 Å².